The molecule has 0 fully saturated rings. The second kappa shape index (κ2) is 3.05. The smallest absolute Gasteiger partial charge is 0.0367 e. The average molecular weight is 259 g/mol. The van der Waals surface area contributed by atoms with Gasteiger partial charge < -0.3 is 0 Å². The Morgan fingerprint density at radius 2 is 2.17 bits per heavy atom. The fourth-order valence-electron chi connectivity index (χ4n) is 1.25. The zero-order valence-corrected chi connectivity index (χ0v) is 9.76. The molecule has 3 heteroatoms. The van der Waals surface area contributed by atoms with Crippen molar-refractivity contribution in [2.45, 2.75) is 11.8 Å². The fourth-order valence-corrected chi connectivity index (χ4v) is 3.69. The Kier molecular flexibility index (Phi) is 2.19. The minimum atomic E-state index is 1.01. The van der Waals surface area contributed by atoms with Crippen molar-refractivity contribution in [1.29, 1.82) is 0 Å². The summed E-state index contributed by atoms with van der Waals surface area (Å²) in [6.07, 6.45) is 0. The number of hydrogen-bond donors (Lipinski definition) is 1. The largest absolute Gasteiger partial charge is 0.143 e. The van der Waals surface area contributed by atoms with Gasteiger partial charge in [-0.1, -0.05) is 15.9 Å². The highest BCUT2D eigenvalue weighted by atomic mass is 79.9. The summed E-state index contributed by atoms with van der Waals surface area (Å²) in [4.78, 5) is 1.01. The van der Waals surface area contributed by atoms with Crippen LogP contribution in [-0.2, 0) is 0 Å². The third kappa shape index (κ3) is 1.30. The summed E-state index contributed by atoms with van der Waals surface area (Å²) in [6, 6.07) is 4.13. The minimum Gasteiger partial charge on any atom is -0.143 e. The Bertz CT molecular complexity index is 431. The molecule has 0 bridgehead atoms. The first-order chi connectivity index (χ1) is 5.68. The highest BCUT2D eigenvalue weighted by Crippen LogP contribution is 2.33. The van der Waals surface area contributed by atoms with Crippen LogP contribution in [0.2, 0.25) is 0 Å². The normalized spacial score (nSPS) is 10.9. The molecule has 0 saturated carbocycles. The number of fused-ring (bicyclic) bond motifs is 1. The van der Waals surface area contributed by atoms with E-state index < -0.39 is 0 Å². The zero-order valence-electron chi connectivity index (χ0n) is 6.47. The van der Waals surface area contributed by atoms with Crippen molar-refractivity contribution in [3.8, 4) is 0 Å². The minimum absolute atomic E-state index is 1.01. The predicted molar refractivity (Wildman–Crippen MR) is 61.5 cm³/mol. The Hall–Kier alpha value is 0.01000. The Morgan fingerprint density at radius 3 is 2.92 bits per heavy atom. The maximum Gasteiger partial charge on any atom is 0.0367 e. The van der Waals surface area contributed by atoms with E-state index >= 15 is 0 Å². The molecule has 1 aromatic heterocycles. The van der Waals surface area contributed by atoms with Crippen molar-refractivity contribution in [3.05, 3.63) is 27.5 Å². The number of rotatable bonds is 0. The van der Waals surface area contributed by atoms with Gasteiger partial charge in [-0.2, -0.15) is 0 Å². The molecule has 0 amide bonds. The van der Waals surface area contributed by atoms with Crippen molar-refractivity contribution in [2.75, 3.05) is 0 Å². The Labute approximate surface area is 89.1 Å². The summed E-state index contributed by atoms with van der Waals surface area (Å²) in [5.74, 6) is 0. The standard InChI is InChI=1S/C9H7BrS2/c1-5-4-12-8-3-6(11)2-7(10)9(5)8/h2-4,11H,1H3. The summed E-state index contributed by atoms with van der Waals surface area (Å²) in [5, 5.41) is 3.49. The maximum absolute atomic E-state index is 4.32. The molecule has 0 spiro atoms. The van der Waals surface area contributed by atoms with Crippen LogP contribution in [0.15, 0.2) is 26.9 Å². The number of aryl methyl sites for hydroxylation is 1. The number of thiol groups is 1. The monoisotopic (exact) mass is 258 g/mol. The van der Waals surface area contributed by atoms with Crippen LogP contribution in [0.25, 0.3) is 10.1 Å². The van der Waals surface area contributed by atoms with E-state index in [2.05, 4.69) is 46.9 Å². The highest BCUT2D eigenvalue weighted by Gasteiger charge is 2.04. The van der Waals surface area contributed by atoms with Gasteiger partial charge >= 0.3 is 0 Å². The van der Waals surface area contributed by atoms with Crippen LogP contribution >= 0.6 is 39.9 Å². The van der Waals surface area contributed by atoms with E-state index in [1.165, 1.54) is 15.6 Å². The molecule has 12 heavy (non-hydrogen) atoms. The SMILES string of the molecule is Cc1csc2cc(S)cc(Br)c12. The van der Waals surface area contributed by atoms with Crippen molar-refractivity contribution in [3.63, 3.8) is 0 Å². The molecule has 0 aliphatic rings. The van der Waals surface area contributed by atoms with Crippen molar-refractivity contribution in [1.82, 2.24) is 0 Å². The van der Waals surface area contributed by atoms with E-state index in [0.717, 1.165) is 9.37 Å². The van der Waals surface area contributed by atoms with Gasteiger partial charge in [0.25, 0.3) is 0 Å². The summed E-state index contributed by atoms with van der Waals surface area (Å²) < 4.78 is 2.44. The molecule has 1 aromatic carbocycles. The summed E-state index contributed by atoms with van der Waals surface area (Å²) in [7, 11) is 0. The molecule has 0 atom stereocenters. The summed E-state index contributed by atoms with van der Waals surface area (Å²) >= 11 is 9.61. The molecular formula is C9H7BrS2. The summed E-state index contributed by atoms with van der Waals surface area (Å²) in [6.45, 7) is 2.13. The Morgan fingerprint density at radius 1 is 1.42 bits per heavy atom. The molecule has 0 saturated heterocycles. The number of benzene rings is 1. The van der Waals surface area contributed by atoms with Crippen LogP contribution in [0.1, 0.15) is 5.56 Å². The third-order valence-electron chi connectivity index (χ3n) is 1.80. The van der Waals surface area contributed by atoms with Gasteiger partial charge in [-0.05, 0) is 30.0 Å². The van der Waals surface area contributed by atoms with E-state index in [-0.39, 0.29) is 0 Å². The van der Waals surface area contributed by atoms with E-state index in [1.54, 1.807) is 11.3 Å². The van der Waals surface area contributed by atoms with Crippen molar-refractivity contribution in [2.24, 2.45) is 0 Å². The zero-order chi connectivity index (χ0) is 8.72. The second-order valence-electron chi connectivity index (χ2n) is 2.72. The molecule has 62 valence electrons. The van der Waals surface area contributed by atoms with Gasteiger partial charge in [0, 0.05) is 19.5 Å². The van der Waals surface area contributed by atoms with Crippen LogP contribution in [0.4, 0.5) is 0 Å². The van der Waals surface area contributed by atoms with Crippen molar-refractivity contribution < 1.29 is 0 Å². The molecule has 2 aromatic rings. The first-order valence-corrected chi connectivity index (χ1v) is 5.67. The number of thiophene rings is 1. The molecule has 2 rings (SSSR count). The van der Waals surface area contributed by atoms with Crippen LogP contribution in [0.5, 0.6) is 0 Å². The van der Waals surface area contributed by atoms with Gasteiger partial charge in [0.05, 0.1) is 0 Å². The molecule has 0 nitrogen and oxygen atoms in total. The molecule has 0 unspecified atom stereocenters. The Balaban J connectivity index is 2.93. The van der Waals surface area contributed by atoms with Gasteiger partial charge in [-0.25, -0.2) is 0 Å². The lowest BCUT2D eigenvalue weighted by Crippen LogP contribution is -1.72. The average Bonchev–Trinajstić information content (AvgIpc) is 2.31. The lowest BCUT2D eigenvalue weighted by Gasteiger charge is -1.97. The highest BCUT2D eigenvalue weighted by molar-refractivity contribution is 9.10. The predicted octanol–water partition coefficient (Wildman–Crippen LogP) is 4.26. The molecular weight excluding hydrogens is 252 g/mol. The van der Waals surface area contributed by atoms with Gasteiger partial charge in [0.15, 0.2) is 0 Å². The molecule has 0 radical (unpaired) electrons. The second-order valence-corrected chi connectivity index (χ2v) is 5.00. The van der Waals surface area contributed by atoms with Crippen LogP contribution in [-0.4, -0.2) is 0 Å². The maximum atomic E-state index is 4.32. The fraction of sp³-hybridized carbons (Fsp3) is 0.111. The van der Waals surface area contributed by atoms with E-state index in [9.17, 15) is 0 Å². The van der Waals surface area contributed by atoms with Gasteiger partial charge in [0.1, 0.15) is 0 Å². The van der Waals surface area contributed by atoms with E-state index in [1.807, 2.05) is 6.07 Å². The molecule has 0 aliphatic carbocycles. The first-order valence-electron chi connectivity index (χ1n) is 3.55. The van der Waals surface area contributed by atoms with Gasteiger partial charge in [0.2, 0.25) is 0 Å². The van der Waals surface area contributed by atoms with E-state index in [0.29, 0.717) is 0 Å². The first kappa shape index (κ1) is 8.60. The lowest BCUT2D eigenvalue weighted by atomic mass is 10.2. The lowest BCUT2D eigenvalue weighted by molar-refractivity contribution is 1.49. The molecule has 0 aliphatic heterocycles. The van der Waals surface area contributed by atoms with Crippen LogP contribution in [0, 0.1) is 6.92 Å². The number of halogens is 1. The van der Waals surface area contributed by atoms with Crippen molar-refractivity contribution >= 4 is 50.0 Å². The van der Waals surface area contributed by atoms with Crippen LogP contribution < -0.4 is 0 Å². The van der Waals surface area contributed by atoms with Crippen LogP contribution in [0.3, 0.4) is 0 Å². The van der Waals surface area contributed by atoms with Gasteiger partial charge in [-0.15, -0.1) is 24.0 Å². The van der Waals surface area contributed by atoms with E-state index in [4.69, 9.17) is 0 Å². The molecule has 0 N–H and O–H groups in total. The summed E-state index contributed by atoms with van der Waals surface area (Å²) in [5.41, 5.74) is 1.33. The molecule has 1 heterocycles. The number of hydrogen-bond acceptors (Lipinski definition) is 2. The van der Waals surface area contributed by atoms with Gasteiger partial charge in [-0.3, -0.25) is 0 Å². The third-order valence-corrected chi connectivity index (χ3v) is 3.73. The quantitative estimate of drug-likeness (QED) is 0.671. The topological polar surface area (TPSA) is 0 Å².